The van der Waals surface area contributed by atoms with Crippen molar-refractivity contribution in [2.45, 2.75) is 13.0 Å². The van der Waals surface area contributed by atoms with Crippen LogP contribution in [-0.4, -0.2) is 21.8 Å². The number of benzene rings is 2. The molecule has 5 rings (SSSR count). The van der Waals surface area contributed by atoms with Crippen LogP contribution in [0, 0.1) is 6.92 Å². The van der Waals surface area contributed by atoms with Crippen LogP contribution in [0.3, 0.4) is 0 Å². The number of aliphatic hydroxyl groups is 1. The summed E-state index contributed by atoms with van der Waals surface area (Å²) in [7, 11) is 0. The Hall–Kier alpha value is -3.35. The number of fused-ring (bicyclic) bond motifs is 1. The third kappa shape index (κ3) is 3.07. The van der Waals surface area contributed by atoms with Crippen molar-refractivity contribution in [1.29, 1.82) is 0 Å². The van der Waals surface area contributed by atoms with Gasteiger partial charge in [-0.1, -0.05) is 41.9 Å². The van der Waals surface area contributed by atoms with Gasteiger partial charge in [0.05, 0.1) is 16.5 Å². The van der Waals surface area contributed by atoms with Gasteiger partial charge in [0.2, 0.25) is 5.78 Å². The number of anilines is 1. The minimum atomic E-state index is -0.795. The molecule has 5 nitrogen and oxygen atoms in total. The molecule has 0 aliphatic carbocycles. The number of para-hydroxylation sites is 1. The van der Waals surface area contributed by atoms with Crippen LogP contribution >= 0.6 is 22.9 Å². The smallest absolute Gasteiger partial charge is 0.294 e. The predicted molar refractivity (Wildman–Crippen MR) is 123 cm³/mol. The molecule has 0 fully saturated rings. The number of Topliss-reactive ketones (excluding diaryl/α,β-unsaturated/α-hetero) is 1. The molecule has 1 aliphatic rings. The van der Waals surface area contributed by atoms with Crippen LogP contribution in [0.4, 0.5) is 5.69 Å². The molecule has 154 valence electrons. The molecule has 1 aliphatic heterocycles. The third-order valence-corrected chi connectivity index (χ3v) is 6.60. The number of aliphatic hydroxyl groups excluding tert-OH is 1. The molecule has 1 amide bonds. The highest BCUT2D eigenvalue weighted by molar-refractivity contribution is 7.12. The fourth-order valence-electron chi connectivity index (χ4n) is 4.19. The number of carbonyl (C=O) groups is 2. The summed E-state index contributed by atoms with van der Waals surface area (Å²) in [5.74, 6) is -1.52. The maximum Gasteiger partial charge on any atom is 0.294 e. The van der Waals surface area contributed by atoms with Crippen LogP contribution in [-0.2, 0) is 4.79 Å². The van der Waals surface area contributed by atoms with Crippen LogP contribution in [0.5, 0.6) is 0 Å². The number of hydrogen-bond acceptors (Lipinski definition) is 4. The highest BCUT2D eigenvalue weighted by Gasteiger charge is 2.46. The van der Waals surface area contributed by atoms with Crippen LogP contribution < -0.4 is 4.90 Å². The number of thiophene rings is 1. The van der Waals surface area contributed by atoms with Gasteiger partial charge < -0.3 is 10.1 Å². The largest absolute Gasteiger partial charge is 0.503 e. The first kappa shape index (κ1) is 19.6. The van der Waals surface area contributed by atoms with Crippen molar-refractivity contribution in [3.8, 4) is 0 Å². The first-order chi connectivity index (χ1) is 15.0. The Balaban J connectivity index is 1.78. The molecular weight excluding hydrogens is 432 g/mol. The SMILES string of the molecule is Cc1[nH]c2ccccc2c1C1C(C(=O)c2cccs2)=C(O)C(=O)N1c1cccc(Cl)c1. The lowest BCUT2D eigenvalue weighted by Gasteiger charge is -2.27. The summed E-state index contributed by atoms with van der Waals surface area (Å²) in [5, 5.41) is 14.0. The van der Waals surface area contributed by atoms with E-state index >= 15 is 0 Å². The Kier molecular flexibility index (Phi) is 4.68. The van der Waals surface area contributed by atoms with Gasteiger partial charge in [-0.05, 0) is 42.6 Å². The second-order valence-corrected chi connectivity index (χ2v) is 8.72. The predicted octanol–water partition coefficient (Wildman–Crippen LogP) is 5.97. The molecule has 0 radical (unpaired) electrons. The number of nitrogens with zero attached hydrogens (tertiary/aromatic N) is 1. The average molecular weight is 449 g/mol. The molecule has 2 aromatic heterocycles. The first-order valence-corrected chi connectivity index (χ1v) is 10.9. The summed E-state index contributed by atoms with van der Waals surface area (Å²) in [6.45, 7) is 1.90. The molecule has 4 aromatic rings. The van der Waals surface area contributed by atoms with Crippen molar-refractivity contribution in [3.63, 3.8) is 0 Å². The zero-order valence-corrected chi connectivity index (χ0v) is 18.0. The van der Waals surface area contributed by atoms with E-state index in [1.54, 1.807) is 41.8 Å². The Morgan fingerprint density at radius 1 is 1.13 bits per heavy atom. The normalized spacial score (nSPS) is 16.5. The Bertz CT molecular complexity index is 1370. The molecule has 0 bridgehead atoms. The first-order valence-electron chi connectivity index (χ1n) is 9.65. The van der Waals surface area contributed by atoms with E-state index in [0.717, 1.165) is 22.2 Å². The molecule has 0 saturated heterocycles. The average Bonchev–Trinajstić information content (AvgIpc) is 3.45. The van der Waals surface area contributed by atoms with Gasteiger partial charge in [0.25, 0.3) is 5.91 Å². The number of aryl methyl sites for hydroxylation is 1. The quantitative estimate of drug-likeness (QED) is 0.377. The fraction of sp³-hybridized carbons (Fsp3) is 0.0833. The van der Waals surface area contributed by atoms with Crippen molar-refractivity contribution < 1.29 is 14.7 Å². The number of halogens is 1. The number of rotatable bonds is 4. The zero-order valence-electron chi connectivity index (χ0n) is 16.4. The lowest BCUT2D eigenvalue weighted by Crippen LogP contribution is -2.31. The lowest BCUT2D eigenvalue weighted by molar-refractivity contribution is -0.117. The van der Waals surface area contributed by atoms with Gasteiger partial charge in [0.1, 0.15) is 0 Å². The standard InChI is InChI=1S/C24H17ClN2O3S/c1-13-19(16-8-2-3-9-17(16)26-13)21-20(22(28)18-10-5-11-31-18)23(29)24(30)27(21)15-7-4-6-14(25)12-15/h2-12,21,26,29H,1H3. The number of hydrogen-bond donors (Lipinski definition) is 2. The molecule has 3 heterocycles. The van der Waals surface area contributed by atoms with E-state index in [2.05, 4.69) is 4.98 Å². The van der Waals surface area contributed by atoms with Gasteiger partial charge in [-0.2, -0.15) is 0 Å². The molecule has 1 atom stereocenters. The highest BCUT2D eigenvalue weighted by Crippen LogP contribution is 2.45. The Morgan fingerprint density at radius 3 is 2.68 bits per heavy atom. The minimum Gasteiger partial charge on any atom is -0.503 e. The molecule has 2 aromatic carbocycles. The summed E-state index contributed by atoms with van der Waals surface area (Å²) in [6, 6.07) is 17.2. The topological polar surface area (TPSA) is 73.4 Å². The number of carbonyl (C=O) groups excluding carboxylic acids is 2. The van der Waals surface area contributed by atoms with Crippen LogP contribution in [0.2, 0.25) is 5.02 Å². The van der Waals surface area contributed by atoms with E-state index in [1.165, 1.54) is 16.2 Å². The third-order valence-electron chi connectivity index (χ3n) is 5.50. The van der Waals surface area contributed by atoms with E-state index in [9.17, 15) is 14.7 Å². The minimum absolute atomic E-state index is 0.0697. The number of aromatic nitrogens is 1. The van der Waals surface area contributed by atoms with E-state index in [0.29, 0.717) is 15.6 Å². The molecule has 31 heavy (non-hydrogen) atoms. The summed E-state index contributed by atoms with van der Waals surface area (Å²) in [6.07, 6.45) is 0. The van der Waals surface area contributed by atoms with Crippen molar-refractivity contribution in [1.82, 2.24) is 4.98 Å². The Morgan fingerprint density at radius 2 is 1.94 bits per heavy atom. The summed E-state index contributed by atoms with van der Waals surface area (Å²) in [4.78, 5) is 32.0. The van der Waals surface area contributed by atoms with Crippen LogP contribution in [0.25, 0.3) is 10.9 Å². The zero-order chi connectivity index (χ0) is 21.7. The van der Waals surface area contributed by atoms with Crippen LogP contribution in [0.1, 0.15) is 27.0 Å². The van der Waals surface area contributed by atoms with Crippen molar-refractivity contribution in [3.05, 3.63) is 98.5 Å². The lowest BCUT2D eigenvalue weighted by atomic mass is 9.93. The molecule has 0 saturated carbocycles. The second-order valence-electron chi connectivity index (χ2n) is 7.34. The number of ketones is 1. The highest BCUT2D eigenvalue weighted by atomic mass is 35.5. The molecule has 7 heteroatoms. The van der Waals surface area contributed by atoms with Crippen molar-refractivity contribution >= 4 is 51.2 Å². The van der Waals surface area contributed by atoms with Gasteiger partial charge in [0, 0.05) is 32.9 Å². The summed E-state index contributed by atoms with van der Waals surface area (Å²) >= 11 is 7.48. The van der Waals surface area contributed by atoms with E-state index in [4.69, 9.17) is 11.6 Å². The van der Waals surface area contributed by atoms with E-state index in [1.807, 2.05) is 31.2 Å². The maximum absolute atomic E-state index is 13.4. The molecule has 1 unspecified atom stereocenters. The van der Waals surface area contributed by atoms with Crippen molar-refractivity contribution in [2.75, 3.05) is 4.90 Å². The fourth-order valence-corrected chi connectivity index (χ4v) is 5.06. The summed E-state index contributed by atoms with van der Waals surface area (Å²) in [5.41, 5.74) is 3.06. The number of H-pyrrole nitrogens is 1. The Labute approximate surface area is 187 Å². The monoisotopic (exact) mass is 448 g/mol. The van der Waals surface area contributed by atoms with Gasteiger partial charge >= 0.3 is 0 Å². The van der Waals surface area contributed by atoms with Gasteiger partial charge in [0.15, 0.2) is 5.76 Å². The summed E-state index contributed by atoms with van der Waals surface area (Å²) < 4.78 is 0. The molecular formula is C24H17ClN2O3S. The number of amides is 1. The van der Waals surface area contributed by atoms with Crippen LogP contribution in [0.15, 0.2) is 77.4 Å². The van der Waals surface area contributed by atoms with E-state index in [-0.39, 0.29) is 11.4 Å². The van der Waals surface area contributed by atoms with Gasteiger partial charge in [-0.25, -0.2) is 0 Å². The second kappa shape index (κ2) is 7.41. The van der Waals surface area contributed by atoms with Gasteiger partial charge in [-0.15, -0.1) is 11.3 Å². The van der Waals surface area contributed by atoms with Crippen molar-refractivity contribution in [2.24, 2.45) is 0 Å². The van der Waals surface area contributed by atoms with Gasteiger partial charge in [-0.3, -0.25) is 14.5 Å². The molecule has 2 N–H and O–H groups in total. The van der Waals surface area contributed by atoms with E-state index < -0.39 is 17.7 Å². The number of nitrogens with one attached hydrogen (secondary N) is 1. The molecule has 0 spiro atoms. The number of aromatic amines is 1. The maximum atomic E-state index is 13.4.